The van der Waals surface area contributed by atoms with Crippen LogP contribution in [0.25, 0.3) is 0 Å². The molecule has 112 valence electrons. The van der Waals surface area contributed by atoms with Crippen molar-refractivity contribution in [1.82, 2.24) is 0 Å². The summed E-state index contributed by atoms with van der Waals surface area (Å²) in [7, 11) is 0. The average molecular weight is 272 g/mol. The van der Waals surface area contributed by atoms with Crippen LogP contribution in [0.3, 0.4) is 0 Å². The molecule has 0 spiro atoms. The molecule has 0 saturated heterocycles. The lowest BCUT2D eigenvalue weighted by atomic mass is 9.79. The van der Waals surface area contributed by atoms with Gasteiger partial charge in [0.15, 0.2) is 6.61 Å². The Kier molecular flexibility index (Phi) is 5.60. The highest BCUT2D eigenvalue weighted by atomic mass is 16.6. The first-order chi connectivity index (χ1) is 8.33. The number of ether oxygens (including phenoxy) is 2. The number of hydrogen-bond donors (Lipinski definition) is 0. The normalized spacial score (nSPS) is 13.1. The van der Waals surface area contributed by atoms with Crippen LogP contribution in [0.1, 0.15) is 61.8 Å². The van der Waals surface area contributed by atoms with Crippen molar-refractivity contribution >= 4 is 11.9 Å². The minimum Gasteiger partial charge on any atom is -0.457 e. The van der Waals surface area contributed by atoms with Gasteiger partial charge in [0, 0.05) is 5.41 Å². The summed E-state index contributed by atoms with van der Waals surface area (Å²) in [6.07, 6.45) is 0.661. The van der Waals surface area contributed by atoms with E-state index in [0.29, 0.717) is 6.42 Å². The van der Waals surface area contributed by atoms with E-state index in [2.05, 4.69) is 0 Å². The standard InChI is InChI=1S/C15H28O4/c1-9-14(5,6)12(17)18-10-11(16)19-15(7,8)13(2,3)4/h9-10H2,1-8H3. The van der Waals surface area contributed by atoms with Crippen molar-refractivity contribution in [3.05, 3.63) is 0 Å². The third-order valence-corrected chi connectivity index (χ3v) is 3.93. The fourth-order valence-electron chi connectivity index (χ4n) is 0.931. The van der Waals surface area contributed by atoms with Gasteiger partial charge < -0.3 is 9.47 Å². The van der Waals surface area contributed by atoms with E-state index in [-0.39, 0.29) is 18.0 Å². The Hall–Kier alpha value is -1.06. The zero-order valence-corrected chi connectivity index (χ0v) is 13.5. The molecule has 4 heteroatoms. The number of rotatable bonds is 5. The Morgan fingerprint density at radius 3 is 1.79 bits per heavy atom. The number of esters is 2. The molecule has 0 saturated carbocycles. The third kappa shape index (κ3) is 5.21. The SMILES string of the molecule is CCC(C)(C)C(=O)OCC(=O)OC(C)(C)C(C)(C)C. The number of hydrogen-bond acceptors (Lipinski definition) is 4. The second-order valence-electron chi connectivity index (χ2n) is 7.05. The van der Waals surface area contributed by atoms with Crippen molar-refractivity contribution in [1.29, 1.82) is 0 Å². The summed E-state index contributed by atoms with van der Waals surface area (Å²) in [5.74, 6) is -0.888. The highest BCUT2D eigenvalue weighted by Gasteiger charge is 2.37. The molecular formula is C15H28O4. The van der Waals surface area contributed by atoms with E-state index in [1.807, 2.05) is 41.5 Å². The smallest absolute Gasteiger partial charge is 0.344 e. The first-order valence-electron chi connectivity index (χ1n) is 6.72. The Labute approximate surface area is 116 Å². The molecule has 0 amide bonds. The molecule has 0 rings (SSSR count). The molecule has 0 unspecified atom stereocenters. The maximum atomic E-state index is 11.7. The van der Waals surface area contributed by atoms with E-state index in [1.54, 1.807) is 13.8 Å². The minimum atomic E-state index is -0.614. The van der Waals surface area contributed by atoms with Gasteiger partial charge in [0.25, 0.3) is 0 Å². The monoisotopic (exact) mass is 272 g/mol. The van der Waals surface area contributed by atoms with Crippen molar-refractivity contribution in [2.24, 2.45) is 10.8 Å². The molecule has 0 bridgehead atoms. The van der Waals surface area contributed by atoms with E-state index in [4.69, 9.17) is 9.47 Å². The van der Waals surface area contributed by atoms with Gasteiger partial charge in [0.1, 0.15) is 5.60 Å². The van der Waals surface area contributed by atoms with Crippen LogP contribution in [0, 0.1) is 10.8 Å². The van der Waals surface area contributed by atoms with Crippen LogP contribution in [-0.2, 0) is 19.1 Å². The Morgan fingerprint density at radius 1 is 0.947 bits per heavy atom. The summed E-state index contributed by atoms with van der Waals surface area (Å²) in [5, 5.41) is 0. The lowest BCUT2D eigenvalue weighted by molar-refractivity contribution is -0.178. The van der Waals surface area contributed by atoms with E-state index >= 15 is 0 Å². The molecule has 0 atom stereocenters. The maximum absolute atomic E-state index is 11.7. The van der Waals surface area contributed by atoms with Gasteiger partial charge in [-0.25, -0.2) is 4.79 Å². The lowest BCUT2D eigenvalue weighted by Gasteiger charge is -2.37. The summed E-state index contributed by atoms with van der Waals surface area (Å²) >= 11 is 0. The summed E-state index contributed by atoms with van der Waals surface area (Å²) in [4.78, 5) is 23.5. The molecule has 0 aromatic carbocycles. The van der Waals surface area contributed by atoms with Crippen LogP contribution >= 0.6 is 0 Å². The summed E-state index contributed by atoms with van der Waals surface area (Å²) in [6, 6.07) is 0. The first kappa shape index (κ1) is 17.9. The highest BCUT2D eigenvalue weighted by molar-refractivity contribution is 5.79. The van der Waals surface area contributed by atoms with Gasteiger partial charge in [0.05, 0.1) is 5.41 Å². The van der Waals surface area contributed by atoms with E-state index < -0.39 is 17.0 Å². The van der Waals surface area contributed by atoms with Gasteiger partial charge in [0.2, 0.25) is 0 Å². The molecule has 0 aliphatic carbocycles. The highest BCUT2D eigenvalue weighted by Crippen LogP contribution is 2.33. The summed E-state index contributed by atoms with van der Waals surface area (Å²) in [5.41, 5.74) is -1.37. The van der Waals surface area contributed by atoms with Gasteiger partial charge >= 0.3 is 11.9 Å². The van der Waals surface area contributed by atoms with Gasteiger partial charge in [-0.2, -0.15) is 0 Å². The van der Waals surface area contributed by atoms with Gasteiger partial charge in [-0.15, -0.1) is 0 Å². The van der Waals surface area contributed by atoms with E-state index in [0.717, 1.165) is 0 Å². The van der Waals surface area contributed by atoms with Crippen molar-refractivity contribution in [3.63, 3.8) is 0 Å². The molecular weight excluding hydrogens is 244 g/mol. The quantitative estimate of drug-likeness (QED) is 0.720. The Balaban J connectivity index is 4.40. The Bertz CT molecular complexity index is 335. The minimum absolute atomic E-state index is 0.185. The molecule has 19 heavy (non-hydrogen) atoms. The molecule has 0 heterocycles. The molecule has 0 radical (unpaired) electrons. The van der Waals surface area contributed by atoms with Crippen LogP contribution in [0.5, 0.6) is 0 Å². The zero-order valence-electron chi connectivity index (χ0n) is 13.5. The fourth-order valence-corrected chi connectivity index (χ4v) is 0.931. The van der Waals surface area contributed by atoms with Crippen LogP contribution in [0.15, 0.2) is 0 Å². The van der Waals surface area contributed by atoms with Crippen molar-refractivity contribution < 1.29 is 19.1 Å². The van der Waals surface area contributed by atoms with Gasteiger partial charge in [-0.1, -0.05) is 27.7 Å². The maximum Gasteiger partial charge on any atom is 0.344 e. The van der Waals surface area contributed by atoms with Crippen LogP contribution in [0.2, 0.25) is 0 Å². The molecule has 0 N–H and O–H groups in total. The summed E-state index contributed by atoms with van der Waals surface area (Å²) < 4.78 is 10.4. The second-order valence-corrected chi connectivity index (χ2v) is 7.05. The molecule has 0 aliphatic heterocycles. The predicted molar refractivity (Wildman–Crippen MR) is 74.7 cm³/mol. The Morgan fingerprint density at radius 2 is 1.42 bits per heavy atom. The van der Waals surface area contributed by atoms with Crippen molar-refractivity contribution in [2.45, 2.75) is 67.4 Å². The van der Waals surface area contributed by atoms with E-state index in [9.17, 15) is 9.59 Å². The molecule has 4 nitrogen and oxygen atoms in total. The largest absolute Gasteiger partial charge is 0.457 e. The van der Waals surface area contributed by atoms with Crippen LogP contribution in [-0.4, -0.2) is 24.1 Å². The topological polar surface area (TPSA) is 52.6 Å². The van der Waals surface area contributed by atoms with Crippen molar-refractivity contribution in [2.75, 3.05) is 6.61 Å². The third-order valence-electron chi connectivity index (χ3n) is 3.93. The predicted octanol–water partition coefficient (Wildman–Crippen LogP) is 3.33. The van der Waals surface area contributed by atoms with E-state index in [1.165, 1.54) is 0 Å². The van der Waals surface area contributed by atoms with Crippen LogP contribution in [0.4, 0.5) is 0 Å². The molecule has 0 aromatic heterocycles. The fraction of sp³-hybridized carbons (Fsp3) is 0.867. The first-order valence-corrected chi connectivity index (χ1v) is 6.72. The molecule has 0 aromatic rings. The van der Waals surface area contributed by atoms with Gasteiger partial charge in [-0.3, -0.25) is 4.79 Å². The lowest BCUT2D eigenvalue weighted by Crippen LogP contribution is -2.42. The second kappa shape index (κ2) is 5.93. The van der Waals surface area contributed by atoms with Crippen molar-refractivity contribution in [3.8, 4) is 0 Å². The average Bonchev–Trinajstić information content (AvgIpc) is 2.23. The van der Waals surface area contributed by atoms with Gasteiger partial charge in [-0.05, 0) is 34.1 Å². The molecule has 0 aliphatic rings. The number of carbonyl (C=O) groups excluding carboxylic acids is 2. The zero-order chi connectivity index (χ0) is 15.5. The molecule has 0 fully saturated rings. The number of carbonyl (C=O) groups is 2. The summed E-state index contributed by atoms with van der Waals surface area (Å²) in [6.45, 7) is 14.8. The van der Waals surface area contributed by atoms with Crippen LogP contribution < -0.4 is 0 Å².